The molecule has 0 fully saturated rings. The van der Waals surface area contributed by atoms with E-state index in [4.69, 9.17) is 0 Å². The van der Waals surface area contributed by atoms with Gasteiger partial charge in [-0.15, -0.1) is 0 Å². The second-order valence-corrected chi connectivity index (χ2v) is 6.68. The number of nitrogens with zero attached hydrogens (tertiary/aromatic N) is 2. The SMILES string of the molecule is CSCc1cccc(NC(=O)CCn2ncc3cccc(C)c32)c1. The van der Waals surface area contributed by atoms with E-state index in [9.17, 15) is 4.79 Å². The lowest BCUT2D eigenvalue weighted by Crippen LogP contribution is -2.15. The van der Waals surface area contributed by atoms with Crippen molar-refractivity contribution in [3.63, 3.8) is 0 Å². The number of aromatic nitrogens is 2. The Morgan fingerprint density at radius 3 is 2.92 bits per heavy atom. The number of aryl methyl sites for hydroxylation is 2. The lowest BCUT2D eigenvalue weighted by molar-refractivity contribution is -0.116. The third-order valence-electron chi connectivity index (χ3n) is 3.94. The number of carbonyl (C=O) groups is 1. The van der Waals surface area contributed by atoms with Gasteiger partial charge in [0.25, 0.3) is 0 Å². The molecule has 1 heterocycles. The van der Waals surface area contributed by atoms with E-state index in [0.717, 1.165) is 22.3 Å². The smallest absolute Gasteiger partial charge is 0.226 e. The number of benzene rings is 2. The zero-order valence-electron chi connectivity index (χ0n) is 14.0. The third-order valence-corrected chi connectivity index (χ3v) is 4.56. The van der Waals surface area contributed by atoms with Gasteiger partial charge in [0.1, 0.15) is 0 Å². The second kappa shape index (κ2) is 7.53. The van der Waals surface area contributed by atoms with Gasteiger partial charge in [0, 0.05) is 23.2 Å². The Kier molecular flexibility index (Phi) is 5.20. The molecule has 3 aromatic rings. The van der Waals surface area contributed by atoms with Crippen LogP contribution in [0.2, 0.25) is 0 Å². The first-order chi connectivity index (χ1) is 11.7. The zero-order chi connectivity index (χ0) is 16.9. The molecule has 24 heavy (non-hydrogen) atoms. The van der Waals surface area contributed by atoms with Crippen LogP contribution in [-0.2, 0) is 17.1 Å². The average Bonchev–Trinajstić information content (AvgIpc) is 2.98. The number of nitrogens with one attached hydrogen (secondary N) is 1. The summed E-state index contributed by atoms with van der Waals surface area (Å²) in [6.45, 7) is 2.64. The van der Waals surface area contributed by atoms with Crippen molar-refractivity contribution >= 4 is 34.3 Å². The van der Waals surface area contributed by atoms with Crippen molar-refractivity contribution < 1.29 is 4.79 Å². The van der Waals surface area contributed by atoms with Crippen LogP contribution < -0.4 is 5.32 Å². The van der Waals surface area contributed by atoms with Crippen LogP contribution in [-0.4, -0.2) is 21.9 Å². The average molecular weight is 339 g/mol. The Labute approximate surface area is 146 Å². The number of carbonyl (C=O) groups excluding carboxylic acids is 1. The number of rotatable bonds is 6. The minimum absolute atomic E-state index is 0.00790. The van der Waals surface area contributed by atoms with E-state index in [0.29, 0.717) is 13.0 Å². The molecule has 0 aliphatic carbocycles. The van der Waals surface area contributed by atoms with Crippen molar-refractivity contribution in [3.05, 3.63) is 59.8 Å². The maximum absolute atomic E-state index is 12.2. The summed E-state index contributed by atoms with van der Waals surface area (Å²) >= 11 is 1.77. The molecule has 0 aliphatic rings. The van der Waals surface area contributed by atoms with E-state index < -0.39 is 0 Å². The quantitative estimate of drug-likeness (QED) is 0.731. The standard InChI is InChI=1S/C19H21N3OS/c1-14-5-3-7-16-12-20-22(19(14)16)10-9-18(23)21-17-8-4-6-15(11-17)13-24-2/h3-8,11-12H,9-10,13H2,1-2H3,(H,21,23). The maximum Gasteiger partial charge on any atom is 0.226 e. The van der Waals surface area contributed by atoms with Gasteiger partial charge in [0.2, 0.25) is 5.91 Å². The fraction of sp³-hybridized carbons (Fsp3) is 0.263. The fourth-order valence-corrected chi connectivity index (χ4v) is 3.35. The number of fused-ring (bicyclic) bond motifs is 1. The van der Waals surface area contributed by atoms with Crippen molar-refractivity contribution in [2.45, 2.75) is 25.6 Å². The molecule has 4 nitrogen and oxygen atoms in total. The van der Waals surface area contributed by atoms with E-state index in [1.807, 2.05) is 41.2 Å². The maximum atomic E-state index is 12.2. The summed E-state index contributed by atoms with van der Waals surface area (Å²) in [4.78, 5) is 12.2. The molecule has 0 radical (unpaired) electrons. The lowest BCUT2D eigenvalue weighted by Gasteiger charge is -2.08. The van der Waals surface area contributed by atoms with Gasteiger partial charge in [-0.1, -0.05) is 30.3 Å². The second-order valence-electron chi connectivity index (χ2n) is 5.81. The first kappa shape index (κ1) is 16.6. The van der Waals surface area contributed by atoms with Crippen molar-refractivity contribution in [3.8, 4) is 0 Å². The van der Waals surface area contributed by atoms with E-state index in [1.54, 1.807) is 11.8 Å². The number of para-hydroxylation sites is 1. The Hall–Kier alpha value is -2.27. The molecule has 0 spiro atoms. The first-order valence-electron chi connectivity index (χ1n) is 7.96. The number of amides is 1. The van der Waals surface area contributed by atoms with Crippen LogP contribution in [0, 0.1) is 6.92 Å². The summed E-state index contributed by atoms with van der Waals surface area (Å²) in [5, 5.41) is 8.50. The Morgan fingerprint density at radius 2 is 2.08 bits per heavy atom. The molecule has 1 N–H and O–H groups in total. The predicted molar refractivity (Wildman–Crippen MR) is 101 cm³/mol. The highest BCUT2D eigenvalue weighted by atomic mass is 32.2. The summed E-state index contributed by atoms with van der Waals surface area (Å²) in [6.07, 6.45) is 4.33. The van der Waals surface area contributed by atoms with Gasteiger partial charge in [-0.3, -0.25) is 9.48 Å². The molecule has 0 bridgehead atoms. The van der Waals surface area contributed by atoms with Crippen LogP contribution in [0.1, 0.15) is 17.5 Å². The topological polar surface area (TPSA) is 46.9 Å². The molecule has 0 saturated heterocycles. The van der Waals surface area contributed by atoms with Gasteiger partial charge in [0.05, 0.1) is 18.3 Å². The highest BCUT2D eigenvalue weighted by Gasteiger charge is 2.08. The Bertz CT molecular complexity index is 857. The summed E-state index contributed by atoms with van der Waals surface area (Å²) in [5.41, 5.74) is 4.35. The molecule has 0 unspecified atom stereocenters. The summed E-state index contributed by atoms with van der Waals surface area (Å²) in [7, 11) is 0. The van der Waals surface area contributed by atoms with E-state index in [2.05, 4.69) is 35.7 Å². The van der Waals surface area contributed by atoms with Gasteiger partial charge in [-0.05, 0) is 36.4 Å². The minimum Gasteiger partial charge on any atom is -0.326 e. The molecule has 0 aliphatic heterocycles. The van der Waals surface area contributed by atoms with Crippen molar-refractivity contribution in [2.75, 3.05) is 11.6 Å². The predicted octanol–water partition coefficient (Wildman–Crippen LogP) is 4.24. The molecule has 3 rings (SSSR count). The molecule has 0 atom stereocenters. The molecule has 2 aromatic carbocycles. The van der Waals surface area contributed by atoms with E-state index in [-0.39, 0.29) is 5.91 Å². The summed E-state index contributed by atoms with van der Waals surface area (Å²) < 4.78 is 1.91. The van der Waals surface area contributed by atoms with Crippen LogP contribution in [0.5, 0.6) is 0 Å². The van der Waals surface area contributed by atoms with Crippen LogP contribution in [0.4, 0.5) is 5.69 Å². The first-order valence-corrected chi connectivity index (χ1v) is 9.35. The molecule has 1 amide bonds. The van der Waals surface area contributed by atoms with Crippen LogP contribution >= 0.6 is 11.8 Å². The molecule has 1 aromatic heterocycles. The van der Waals surface area contributed by atoms with Crippen LogP contribution in [0.15, 0.2) is 48.7 Å². The summed E-state index contributed by atoms with van der Waals surface area (Å²) in [6, 6.07) is 14.1. The van der Waals surface area contributed by atoms with Crippen molar-refractivity contribution in [1.29, 1.82) is 0 Å². The number of anilines is 1. The minimum atomic E-state index is 0.00790. The van der Waals surface area contributed by atoms with Crippen molar-refractivity contribution in [2.24, 2.45) is 0 Å². The molecular weight excluding hydrogens is 318 g/mol. The molecule has 5 heteroatoms. The highest BCUT2D eigenvalue weighted by molar-refractivity contribution is 7.97. The van der Waals surface area contributed by atoms with E-state index in [1.165, 1.54) is 11.1 Å². The van der Waals surface area contributed by atoms with Gasteiger partial charge in [-0.25, -0.2) is 0 Å². The number of hydrogen-bond acceptors (Lipinski definition) is 3. The van der Waals surface area contributed by atoms with Gasteiger partial charge < -0.3 is 5.32 Å². The normalized spacial score (nSPS) is 10.9. The monoisotopic (exact) mass is 339 g/mol. The van der Waals surface area contributed by atoms with Gasteiger partial charge in [-0.2, -0.15) is 16.9 Å². The van der Waals surface area contributed by atoms with Gasteiger partial charge in [0.15, 0.2) is 0 Å². The molecule has 124 valence electrons. The van der Waals surface area contributed by atoms with Crippen LogP contribution in [0.25, 0.3) is 10.9 Å². The Balaban J connectivity index is 1.64. The zero-order valence-corrected chi connectivity index (χ0v) is 14.8. The number of hydrogen-bond donors (Lipinski definition) is 1. The van der Waals surface area contributed by atoms with E-state index >= 15 is 0 Å². The van der Waals surface area contributed by atoms with Crippen molar-refractivity contribution in [1.82, 2.24) is 9.78 Å². The third kappa shape index (κ3) is 3.79. The fourth-order valence-electron chi connectivity index (χ4n) is 2.83. The Morgan fingerprint density at radius 1 is 1.25 bits per heavy atom. The highest BCUT2D eigenvalue weighted by Crippen LogP contribution is 2.18. The van der Waals surface area contributed by atoms with Crippen LogP contribution in [0.3, 0.4) is 0 Å². The molecule has 0 saturated carbocycles. The lowest BCUT2D eigenvalue weighted by atomic mass is 10.2. The largest absolute Gasteiger partial charge is 0.326 e. The summed E-state index contributed by atoms with van der Waals surface area (Å²) in [5.74, 6) is 0.955. The number of thioether (sulfide) groups is 1. The molecular formula is C19H21N3OS. The van der Waals surface area contributed by atoms with Gasteiger partial charge >= 0.3 is 0 Å².